The van der Waals surface area contributed by atoms with Gasteiger partial charge in [-0.25, -0.2) is 0 Å². The Morgan fingerprint density at radius 1 is 1.03 bits per heavy atom. The number of hydrogen-bond donors (Lipinski definition) is 1. The molecule has 1 unspecified atom stereocenters. The van der Waals surface area contributed by atoms with Crippen LogP contribution in [0, 0.1) is 0 Å². The maximum atomic E-state index is 13.2. The zero-order valence-corrected chi connectivity index (χ0v) is 19.6. The minimum atomic E-state index is -0.857. The smallest absolute Gasteiger partial charge is 0.296 e. The lowest BCUT2D eigenvalue weighted by Crippen LogP contribution is -2.29. The summed E-state index contributed by atoms with van der Waals surface area (Å²) in [4.78, 5) is 32.1. The van der Waals surface area contributed by atoms with E-state index in [4.69, 9.17) is 9.47 Å². The van der Waals surface area contributed by atoms with Gasteiger partial charge in [-0.1, -0.05) is 24.3 Å². The molecular weight excluding hydrogens is 488 g/mol. The molecule has 0 bridgehead atoms. The molecule has 1 N–H and O–H groups in total. The third-order valence-corrected chi connectivity index (χ3v) is 6.08. The van der Waals surface area contributed by atoms with Gasteiger partial charge in [0.15, 0.2) is 0 Å². The Morgan fingerprint density at radius 3 is 2.42 bits per heavy atom. The third-order valence-electron chi connectivity index (χ3n) is 5.46. The Hall–Kier alpha value is -3.65. The highest BCUT2D eigenvalue weighted by Gasteiger charge is 2.47. The van der Waals surface area contributed by atoms with Crippen molar-refractivity contribution in [2.45, 2.75) is 12.6 Å². The number of nitrogens with zero attached hydrogens (tertiary/aromatic N) is 2. The number of likely N-dealkylation sites (tertiary alicyclic amines) is 1. The van der Waals surface area contributed by atoms with Gasteiger partial charge in [0.25, 0.3) is 11.7 Å². The molecule has 0 spiro atoms. The number of pyridine rings is 1. The average molecular weight is 509 g/mol. The molecule has 1 fully saturated rings. The number of aliphatic hydroxyl groups excluding tert-OH is 1. The molecule has 3 aromatic rings. The molecule has 0 radical (unpaired) electrons. The molecule has 0 aliphatic carbocycles. The molecule has 1 aliphatic rings. The number of methoxy groups -OCH3 is 2. The number of aromatic nitrogens is 1. The summed E-state index contributed by atoms with van der Waals surface area (Å²) in [6, 6.07) is 16.6. The number of hydrogen-bond acceptors (Lipinski definition) is 6. The van der Waals surface area contributed by atoms with Crippen LogP contribution in [0.1, 0.15) is 22.9 Å². The molecule has 1 aliphatic heterocycles. The number of benzene rings is 2. The van der Waals surface area contributed by atoms with Crippen molar-refractivity contribution >= 4 is 33.4 Å². The van der Waals surface area contributed by atoms with Gasteiger partial charge in [0, 0.05) is 17.3 Å². The second kappa shape index (κ2) is 9.46. The molecule has 1 aromatic heterocycles. The van der Waals surface area contributed by atoms with Gasteiger partial charge in [-0.3, -0.25) is 14.6 Å². The number of carbonyl (C=O) groups is 2. The monoisotopic (exact) mass is 508 g/mol. The van der Waals surface area contributed by atoms with Gasteiger partial charge in [0.2, 0.25) is 0 Å². The Morgan fingerprint density at radius 2 is 1.76 bits per heavy atom. The summed E-state index contributed by atoms with van der Waals surface area (Å²) in [6.45, 7) is 0.0945. The van der Waals surface area contributed by atoms with Crippen LogP contribution in [0.4, 0.5) is 0 Å². The van der Waals surface area contributed by atoms with Gasteiger partial charge in [-0.2, -0.15) is 0 Å². The lowest BCUT2D eigenvalue weighted by Gasteiger charge is -2.26. The van der Waals surface area contributed by atoms with Crippen molar-refractivity contribution in [2.75, 3.05) is 14.2 Å². The fourth-order valence-electron chi connectivity index (χ4n) is 3.89. The number of aliphatic hydroxyl groups is 1. The molecular formula is C25H21BrN2O5. The molecule has 1 atom stereocenters. The first kappa shape index (κ1) is 22.5. The predicted octanol–water partition coefficient (Wildman–Crippen LogP) is 4.48. The van der Waals surface area contributed by atoms with E-state index in [0.29, 0.717) is 32.8 Å². The fourth-order valence-corrected chi connectivity index (χ4v) is 4.43. The van der Waals surface area contributed by atoms with Crippen molar-refractivity contribution in [3.63, 3.8) is 0 Å². The first-order valence-electron chi connectivity index (χ1n) is 10.1. The van der Waals surface area contributed by atoms with Crippen molar-refractivity contribution in [1.29, 1.82) is 0 Å². The van der Waals surface area contributed by atoms with E-state index in [1.165, 1.54) is 19.1 Å². The zero-order chi connectivity index (χ0) is 23.5. The lowest BCUT2D eigenvalue weighted by molar-refractivity contribution is -0.140. The molecule has 0 saturated carbocycles. The van der Waals surface area contributed by atoms with Crippen LogP contribution >= 0.6 is 15.9 Å². The van der Waals surface area contributed by atoms with Crippen LogP contribution < -0.4 is 9.47 Å². The molecule has 2 heterocycles. The Kier molecular flexibility index (Phi) is 6.46. The summed E-state index contributed by atoms with van der Waals surface area (Å²) in [5.41, 5.74) is 1.56. The van der Waals surface area contributed by atoms with Crippen molar-refractivity contribution in [2.24, 2.45) is 0 Å². The first-order chi connectivity index (χ1) is 16.0. The van der Waals surface area contributed by atoms with E-state index in [0.717, 1.165) is 0 Å². The molecule has 2 aromatic carbocycles. The average Bonchev–Trinajstić information content (AvgIpc) is 3.09. The molecule has 7 nitrogen and oxygen atoms in total. The van der Waals surface area contributed by atoms with Gasteiger partial charge in [-0.15, -0.1) is 0 Å². The van der Waals surface area contributed by atoms with Crippen LogP contribution in [-0.4, -0.2) is 40.9 Å². The molecule has 1 saturated heterocycles. The van der Waals surface area contributed by atoms with E-state index in [9.17, 15) is 14.7 Å². The van der Waals surface area contributed by atoms with Gasteiger partial charge >= 0.3 is 0 Å². The van der Waals surface area contributed by atoms with Crippen molar-refractivity contribution in [1.82, 2.24) is 9.88 Å². The molecule has 1 amide bonds. The van der Waals surface area contributed by atoms with Crippen molar-refractivity contribution < 1.29 is 24.2 Å². The van der Waals surface area contributed by atoms with Gasteiger partial charge < -0.3 is 19.5 Å². The standard InChI is InChI=1S/C25H21BrN2O5/c1-32-19-9-4-3-8-17(19)22-21(23(29)15-10-11-20(33-2)18(26)13-15)24(30)25(31)28(22)14-16-7-5-6-12-27-16/h3-13,22,29H,14H2,1-2H3/b23-21+. The summed E-state index contributed by atoms with van der Waals surface area (Å²) < 4.78 is 11.4. The molecule has 8 heteroatoms. The van der Waals surface area contributed by atoms with E-state index in [1.54, 1.807) is 60.8 Å². The summed E-state index contributed by atoms with van der Waals surface area (Å²) >= 11 is 3.40. The maximum Gasteiger partial charge on any atom is 0.296 e. The number of para-hydroxylation sites is 1. The van der Waals surface area contributed by atoms with Crippen LogP contribution in [0.2, 0.25) is 0 Å². The van der Waals surface area contributed by atoms with Crippen LogP contribution in [0.5, 0.6) is 11.5 Å². The Balaban J connectivity index is 1.90. The van der Waals surface area contributed by atoms with Crippen molar-refractivity contribution in [3.05, 3.63) is 93.7 Å². The highest BCUT2D eigenvalue weighted by molar-refractivity contribution is 9.10. The molecule has 4 rings (SSSR count). The summed E-state index contributed by atoms with van der Waals surface area (Å²) in [5.74, 6) is -0.700. The van der Waals surface area contributed by atoms with Crippen molar-refractivity contribution in [3.8, 4) is 11.5 Å². The maximum absolute atomic E-state index is 13.2. The third kappa shape index (κ3) is 4.21. The number of Topliss-reactive ketones (excluding diaryl/α,β-unsaturated/α-hetero) is 1. The van der Waals surface area contributed by atoms with Crippen LogP contribution in [0.3, 0.4) is 0 Å². The van der Waals surface area contributed by atoms with E-state index >= 15 is 0 Å². The highest BCUT2D eigenvalue weighted by atomic mass is 79.9. The number of amides is 1. The molecule has 33 heavy (non-hydrogen) atoms. The van der Waals surface area contributed by atoms with E-state index in [-0.39, 0.29) is 17.9 Å². The number of carbonyl (C=O) groups excluding carboxylic acids is 2. The summed E-state index contributed by atoms with van der Waals surface area (Å²) in [6.07, 6.45) is 1.62. The minimum absolute atomic E-state index is 0.0162. The first-order valence-corrected chi connectivity index (χ1v) is 10.9. The Labute approximate surface area is 199 Å². The van der Waals surface area contributed by atoms with E-state index in [2.05, 4.69) is 20.9 Å². The van der Waals surface area contributed by atoms with Crippen LogP contribution in [0.25, 0.3) is 5.76 Å². The largest absolute Gasteiger partial charge is 0.507 e. The predicted molar refractivity (Wildman–Crippen MR) is 126 cm³/mol. The lowest BCUT2D eigenvalue weighted by atomic mass is 9.94. The Bertz CT molecular complexity index is 1240. The second-order valence-corrected chi connectivity index (χ2v) is 8.19. The summed E-state index contributed by atoms with van der Waals surface area (Å²) in [5, 5.41) is 11.2. The molecule has 168 valence electrons. The number of ketones is 1. The fraction of sp³-hybridized carbons (Fsp3) is 0.160. The quantitative estimate of drug-likeness (QED) is 0.300. The number of ether oxygens (including phenoxy) is 2. The highest BCUT2D eigenvalue weighted by Crippen LogP contribution is 2.43. The second-order valence-electron chi connectivity index (χ2n) is 7.34. The topological polar surface area (TPSA) is 89.0 Å². The van der Waals surface area contributed by atoms with Gasteiger partial charge in [0.1, 0.15) is 17.3 Å². The minimum Gasteiger partial charge on any atom is -0.507 e. The SMILES string of the molecule is COc1ccc(/C(O)=C2\C(=O)C(=O)N(Cc3ccccn3)C2c2ccccc2OC)cc1Br. The van der Waals surface area contributed by atoms with Gasteiger partial charge in [0.05, 0.1) is 42.5 Å². The van der Waals surface area contributed by atoms with Crippen LogP contribution in [0.15, 0.2) is 76.9 Å². The van der Waals surface area contributed by atoms with Gasteiger partial charge in [-0.05, 0) is 52.3 Å². The zero-order valence-electron chi connectivity index (χ0n) is 18.0. The van der Waals surface area contributed by atoms with E-state index in [1.807, 2.05) is 6.07 Å². The number of rotatable bonds is 6. The normalized spacial score (nSPS) is 17.3. The number of halogens is 1. The van der Waals surface area contributed by atoms with Crippen LogP contribution in [-0.2, 0) is 16.1 Å². The summed E-state index contributed by atoms with van der Waals surface area (Å²) in [7, 11) is 3.05. The van der Waals surface area contributed by atoms with E-state index < -0.39 is 17.7 Å².